The summed E-state index contributed by atoms with van der Waals surface area (Å²) in [6.45, 7) is 1.70. The number of nitrogens with one attached hydrogen (secondary N) is 1. The second-order valence-electron chi connectivity index (χ2n) is 5.69. The van der Waals surface area contributed by atoms with Crippen LogP contribution in [0, 0.1) is 0 Å². The van der Waals surface area contributed by atoms with Gasteiger partial charge in [0.2, 0.25) is 5.43 Å². The van der Waals surface area contributed by atoms with Gasteiger partial charge in [0.05, 0.1) is 31.5 Å². The van der Waals surface area contributed by atoms with Crippen LogP contribution in [0.15, 0.2) is 47.3 Å². The van der Waals surface area contributed by atoms with Crippen LogP contribution in [-0.4, -0.2) is 29.8 Å². The minimum Gasteiger partial charge on any atom is -0.497 e. The number of fused-ring (bicyclic) bond motifs is 1. The van der Waals surface area contributed by atoms with Gasteiger partial charge >= 0.3 is 5.97 Å². The lowest BCUT2D eigenvalue weighted by molar-refractivity contribution is 0.0525. The lowest BCUT2D eigenvalue weighted by atomic mass is 10.0. The van der Waals surface area contributed by atoms with Gasteiger partial charge in [0.1, 0.15) is 11.3 Å². The summed E-state index contributed by atoms with van der Waals surface area (Å²) in [5.41, 5.74) is 1.71. The molecule has 6 heteroatoms. The molecule has 0 spiro atoms. The first kappa shape index (κ1) is 17.7. The normalized spacial score (nSPS) is 10.7. The van der Waals surface area contributed by atoms with Crippen molar-refractivity contribution in [1.82, 2.24) is 4.98 Å². The quantitative estimate of drug-likeness (QED) is 0.689. The average molecular weight is 353 g/mol. The number of aliphatic hydroxyl groups excluding tert-OH is 1. The van der Waals surface area contributed by atoms with E-state index < -0.39 is 11.4 Å². The molecule has 134 valence electrons. The summed E-state index contributed by atoms with van der Waals surface area (Å²) in [4.78, 5) is 28.6. The lowest BCUT2D eigenvalue weighted by Crippen LogP contribution is -2.20. The minimum atomic E-state index is -0.684. The summed E-state index contributed by atoms with van der Waals surface area (Å²) >= 11 is 0. The van der Waals surface area contributed by atoms with Crippen molar-refractivity contribution in [3.05, 3.63) is 63.8 Å². The summed E-state index contributed by atoms with van der Waals surface area (Å²) in [5, 5.41) is 9.76. The van der Waals surface area contributed by atoms with Crippen molar-refractivity contribution in [2.45, 2.75) is 13.5 Å². The largest absolute Gasteiger partial charge is 0.497 e. The third-order valence-corrected chi connectivity index (χ3v) is 4.09. The van der Waals surface area contributed by atoms with Gasteiger partial charge in [-0.15, -0.1) is 0 Å². The van der Waals surface area contributed by atoms with Crippen molar-refractivity contribution in [2.75, 3.05) is 13.7 Å². The molecule has 3 rings (SSSR count). The third kappa shape index (κ3) is 3.19. The molecule has 0 saturated heterocycles. The van der Waals surface area contributed by atoms with Gasteiger partial charge in [0.25, 0.3) is 0 Å². The fraction of sp³-hybridized carbons (Fsp3) is 0.200. The molecule has 0 aliphatic carbocycles. The molecule has 0 radical (unpaired) electrons. The van der Waals surface area contributed by atoms with Gasteiger partial charge in [0.15, 0.2) is 0 Å². The average Bonchev–Trinajstić information content (AvgIpc) is 2.67. The molecule has 0 bridgehead atoms. The van der Waals surface area contributed by atoms with Crippen LogP contribution in [0.3, 0.4) is 0 Å². The van der Waals surface area contributed by atoms with Gasteiger partial charge in [-0.3, -0.25) is 4.79 Å². The summed E-state index contributed by atoms with van der Waals surface area (Å²) in [5.74, 6) is -0.0945. The molecule has 1 heterocycles. The van der Waals surface area contributed by atoms with Crippen LogP contribution in [-0.2, 0) is 11.3 Å². The summed E-state index contributed by atoms with van der Waals surface area (Å²) in [6.07, 6.45) is 0. The first-order valence-electron chi connectivity index (χ1n) is 8.20. The zero-order valence-corrected chi connectivity index (χ0v) is 14.5. The number of esters is 1. The number of carbonyl (C=O) groups excluding carboxylic acids is 1. The first-order valence-corrected chi connectivity index (χ1v) is 8.20. The molecule has 2 N–H and O–H groups in total. The maximum atomic E-state index is 13.0. The van der Waals surface area contributed by atoms with Crippen LogP contribution in [0.25, 0.3) is 22.2 Å². The Kier molecular flexibility index (Phi) is 5.04. The maximum Gasteiger partial charge on any atom is 0.344 e. The number of aliphatic hydroxyl groups is 1. The van der Waals surface area contributed by atoms with E-state index in [1.165, 1.54) is 7.11 Å². The molecular weight excluding hydrogens is 334 g/mol. The molecule has 3 aromatic rings. The molecule has 0 aliphatic heterocycles. The van der Waals surface area contributed by atoms with Crippen LogP contribution in [0.2, 0.25) is 0 Å². The number of aromatic nitrogens is 1. The number of pyridine rings is 1. The smallest absolute Gasteiger partial charge is 0.344 e. The predicted molar refractivity (Wildman–Crippen MR) is 98.4 cm³/mol. The molecule has 0 amide bonds. The zero-order chi connectivity index (χ0) is 18.7. The summed E-state index contributed by atoms with van der Waals surface area (Å²) in [6, 6.07) is 12.0. The van der Waals surface area contributed by atoms with Crippen molar-refractivity contribution in [2.24, 2.45) is 0 Å². The Balaban J connectivity index is 2.34. The minimum absolute atomic E-state index is 0.0559. The van der Waals surface area contributed by atoms with E-state index in [1.54, 1.807) is 49.4 Å². The van der Waals surface area contributed by atoms with Crippen LogP contribution in [0.1, 0.15) is 22.8 Å². The van der Waals surface area contributed by atoms with Crippen LogP contribution in [0.5, 0.6) is 5.75 Å². The van der Waals surface area contributed by atoms with Gasteiger partial charge < -0.3 is 19.6 Å². The molecule has 1 aromatic heterocycles. The Bertz CT molecular complexity index is 1020. The van der Waals surface area contributed by atoms with Crippen LogP contribution in [0.4, 0.5) is 0 Å². The Morgan fingerprint density at radius 1 is 1.19 bits per heavy atom. The van der Waals surface area contributed by atoms with E-state index in [0.717, 1.165) is 0 Å². The standard InChI is InChI=1S/C20H19NO5/c1-3-26-20(24)17-18(13-6-4-5-12(9-13)11-22)21-16-10-14(25-2)7-8-15(16)19(17)23/h4-10,22H,3,11H2,1-2H3,(H,21,23). The SMILES string of the molecule is CCOC(=O)c1c(-c2cccc(CO)c2)[nH]c2cc(OC)ccc2c1=O. The van der Waals surface area contributed by atoms with E-state index in [2.05, 4.69) is 4.98 Å². The van der Waals surface area contributed by atoms with Gasteiger partial charge in [0, 0.05) is 11.5 Å². The molecule has 0 fully saturated rings. The topological polar surface area (TPSA) is 88.6 Å². The van der Waals surface area contributed by atoms with E-state index in [1.807, 2.05) is 0 Å². The molecule has 0 unspecified atom stereocenters. The molecule has 6 nitrogen and oxygen atoms in total. The van der Waals surface area contributed by atoms with Crippen molar-refractivity contribution in [3.8, 4) is 17.0 Å². The summed E-state index contributed by atoms with van der Waals surface area (Å²) in [7, 11) is 1.54. The fourth-order valence-electron chi connectivity index (χ4n) is 2.84. The number of H-pyrrole nitrogens is 1. The van der Waals surface area contributed by atoms with Gasteiger partial charge in [-0.2, -0.15) is 0 Å². The molecule has 26 heavy (non-hydrogen) atoms. The maximum absolute atomic E-state index is 13.0. The number of ether oxygens (including phenoxy) is 2. The zero-order valence-electron chi connectivity index (χ0n) is 14.5. The van der Waals surface area contributed by atoms with Gasteiger partial charge in [-0.1, -0.05) is 18.2 Å². The molecule has 0 atom stereocenters. The lowest BCUT2D eigenvalue weighted by Gasteiger charge is -2.12. The molecular formula is C20H19NO5. The highest BCUT2D eigenvalue weighted by atomic mass is 16.5. The van der Waals surface area contributed by atoms with Crippen LogP contribution < -0.4 is 10.2 Å². The van der Waals surface area contributed by atoms with E-state index in [4.69, 9.17) is 9.47 Å². The second-order valence-corrected chi connectivity index (χ2v) is 5.69. The van der Waals surface area contributed by atoms with E-state index in [-0.39, 0.29) is 18.8 Å². The number of methoxy groups -OCH3 is 1. The molecule has 0 aliphatic rings. The predicted octanol–water partition coefficient (Wildman–Crippen LogP) is 2.87. The van der Waals surface area contributed by atoms with Crippen LogP contribution >= 0.6 is 0 Å². The fourth-order valence-corrected chi connectivity index (χ4v) is 2.84. The van der Waals surface area contributed by atoms with Gasteiger partial charge in [-0.05, 0) is 36.2 Å². The third-order valence-electron chi connectivity index (χ3n) is 4.09. The Labute approximate surface area is 150 Å². The van der Waals surface area contributed by atoms with Crippen molar-refractivity contribution in [1.29, 1.82) is 0 Å². The van der Waals surface area contributed by atoms with E-state index in [0.29, 0.717) is 33.5 Å². The molecule has 0 saturated carbocycles. The Morgan fingerprint density at radius 3 is 2.69 bits per heavy atom. The monoisotopic (exact) mass is 353 g/mol. The molecule has 2 aromatic carbocycles. The first-order chi connectivity index (χ1) is 12.6. The highest BCUT2D eigenvalue weighted by Gasteiger charge is 2.21. The number of hydrogen-bond acceptors (Lipinski definition) is 5. The van der Waals surface area contributed by atoms with E-state index in [9.17, 15) is 14.7 Å². The van der Waals surface area contributed by atoms with E-state index >= 15 is 0 Å². The van der Waals surface area contributed by atoms with Crippen molar-refractivity contribution in [3.63, 3.8) is 0 Å². The number of rotatable bonds is 5. The van der Waals surface area contributed by atoms with Crippen molar-refractivity contribution < 1.29 is 19.4 Å². The number of aromatic amines is 1. The number of hydrogen-bond donors (Lipinski definition) is 2. The van der Waals surface area contributed by atoms with Crippen molar-refractivity contribution >= 4 is 16.9 Å². The Morgan fingerprint density at radius 2 is 2.00 bits per heavy atom. The van der Waals surface area contributed by atoms with Gasteiger partial charge in [-0.25, -0.2) is 4.79 Å². The second kappa shape index (κ2) is 7.41. The Hall–Kier alpha value is -3.12. The number of benzene rings is 2. The highest BCUT2D eigenvalue weighted by molar-refractivity contribution is 6.00. The highest BCUT2D eigenvalue weighted by Crippen LogP contribution is 2.26. The number of carbonyl (C=O) groups is 1. The summed E-state index contributed by atoms with van der Waals surface area (Å²) < 4.78 is 10.3.